The normalized spacial score (nSPS) is 18.1. The molecule has 1 spiro atoms. The SMILES string of the molecule is Cc1nc(N[C@H](C)c2cccc(C(F)(F)F)c2F)c2cc3n(c2n1)CCOC31CCN(C(=O)OC(C)(C)C)CC1. The van der Waals surface area contributed by atoms with E-state index in [0.29, 0.717) is 61.8 Å². The van der Waals surface area contributed by atoms with E-state index in [0.717, 1.165) is 11.8 Å². The summed E-state index contributed by atoms with van der Waals surface area (Å²) < 4.78 is 68.7. The Balaban J connectivity index is 1.46. The molecule has 1 N–H and O–H groups in total. The molecule has 12 heteroatoms. The number of carbonyl (C=O) groups excluding carboxylic acids is 1. The molecule has 0 saturated carbocycles. The summed E-state index contributed by atoms with van der Waals surface area (Å²) in [5, 5.41) is 3.79. The van der Waals surface area contributed by atoms with Crippen LogP contribution in [0.2, 0.25) is 0 Å². The van der Waals surface area contributed by atoms with Crippen LogP contribution in [0.15, 0.2) is 24.3 Å². The van der Waals surface area contributed by atoms with E-state index in [1.807, 2.05) is 26.8 Å². The molecular formula is C28H33F4N5O3. The molecule has 0 bridgehead atoms. The van der Waals surface area contributed by atoms with Crippen molar-refractivity contribution >= 4 is 22.9 Å². The van der Waals surface area contributed by atoms with Crippen LogP contribution in [0.3, 0.4) is 0 Å². The van der Waals surface area contributed by atoms with Gasteiger partial charge in [-0.2, -0.15) is 13.2 Å². The van der Waals surface area contributed by atoms with E-state index in [9.17, 15) is 22.4 Å². The van der Waals surface area contributed by atoms with Gasteiger partial charge in [-0.3, -0.25) is 0 Å². The minimum Gasteiger partial charge on any atom is -0.444 e. The Morgan fingerprint density at radius 2 is 1.85 bits per heavy atom. The zero-order valence-corrected chi connectivity index (χ0v) is 23.2. The Kier molecular flexibility index (Phi) is 6.96. The second-order valence-corrected chi connectivity index (χ2v) is 11.4. The number of benzene rings is 1. The molecular weight excluding hydrogens is 530 g/mol. The van der Waals surface area contributed by atoms with Crippen molar-refractivity contribution in [2.75, 3.05) is 25.0 Å². The van der Waals surface area contributed by atoms with Crippen LogP contribution in [0.5, 0.6) is 0 Å². The molecule has 3 aromatic rings. The van der Waals surface area contributed by atoms with Gasteiger partial charge in [0.2, 0.25) is 0 Å². The summed E-state index contributed by atoms with van der Waals surface area (Å²) in [6.45, 7) is 10.7. The van der Waals surface area contributed by atoms with Crippen molar-refractivity contribution in [3.8, 4) is 0 Å². The molecule has 5 rings (SSSR count). The topological polar surface area (TPSA) is 81.5 Å². The summed E-state index contributed by atoms with van der Waals surface area (Å²) >= 11 is 0. The lowest BCUT2D eigenvalue weighted by Gasteiger charge is -2.44. The van der Waals surface area contributed by atoms with Gasteiger partial charge in [-0.25, -0.2) is 19.2 Å². The number of rotatable bonds is 3. The van der Waals surface area contributed by atoms with Crippen molar-refractivity contribution in [2.24, 2.45) is 0 Å². The summed E-state index contributed by atoms with van der Waals surface area (Å²) in [7, 11) is 0. The molecule has 1 aromatic carbocycles. The van der Waals surface area contributed by atoms with E-state index in [2.05, 4.69) is 19.9 Å². The van der Waals surface area contributed by atoms with E-state index in [1.54, 1.807) is 18.7 Å². The number of halogens is 4. The van der Waals surface area contributed by atoms with E-state index in [-0.39, 0.29) is 11.7 Å². The molecule has 40 heavy (non-hydrogen) atoms. The van der Waals surface area contributed by atoms with Gasteiger partial charge < -0.3 is 24.3 Å². The number of anilines is 1. The number of aromatic nitrogens is 3. The Bertz CT molecular complexity index is 1440. The molecule has 1 saturated heterocycles. The molecule has 1 atom stereocenters. The van der Waals surface area contributed by atoms with E-state index < -0.39 is 34.8 Å². The zero-order valence-electron chi connectivity index (χ0n) is 23.2. The number of likely N-dealkylation sites (tertiary alicyclic amines) is 1. The Labute approximate surface area is 229 Å². The summed E-state index contributed by atoms with van der Waals surface area (Å²) in [6, 6.07) is 4.39. The Morgan fingerprint density at radius 3 is 2.50 bits per heavy atom. The fourth-order valence-electron chi connectivity index (χ4n) is 5.52. The Morgan fingerprint density at radius 1 is 1.15 bits per heavy atom. The second kappa shape index (κ2) is 9.90. The first-order valence-electron chi connectivity index (χ1n) is 13.3. The van der Waals surface area contributed by atoms with Crippen molar-refractivity contribution < 1.29 is 31.8 Å². The molecule has 8 nitrogen and oxygen atoms in total. The van der Waals surface area contributed by atoms with E-state index in [4.69, 9.17) is 9.47 Å². The minimum atomic E-state index is -4.80. The van der Waals surface area contributed by atoms with Crippen molar-refractivity contribution in [1.82, 2.24) is 19.4 Å². The monoisotopic (exact) mass is 563 g/mol. The average Bonchev–Trinajstić information content (AvgIpc) is 3.23. The number of fused-ring (bicyclic) bond motifs is 4. The zero-order chi connectivity index (χ0) is 29.0. The lowest BCUT2D eigenvalue weighted by Crippen LogP contribution is -2.50. The van der Waals surface area contributed by atoms with Gasteiger partial charge in [0.1, 0.15) is 34.3 Å². The van der Waals surface area contributed by atoms with Gasteiger partial charge in [0.05, 0.1) is 29.3 Å². The van der Waals surface area contributed by atoms with Gasteiger partial charge in [0, 0.05) is 25.2 Å². The summed E-state index contributed by atoms with van der Waals surface area (Å²) in [4.78, 5) is 23.5. The summed E-state index contributed by atoms with van der Waals surface area (Å²) in [5.74, 6) is -0.444. The van der Waals surface area contributed by atoms with E-state index in [1.165, 1.54) is 12.1 Å². The summed E-state index contributed by atoms with van der Waals surface area (Å²) in [5.41, 5.74) is -1.08. The highest BCUT2D eigenvalue weighted by atomic mass is 19.4. The molecule has 1 fully saturated rings. The number of nitrogens with zero attached hydrogens (tertiary/aromatic N) is 4. The highest BCUT2D eigenvalue weighted by molar-refractivity contribution is 5.89. The fourth-order valence-corrected chi connectivity index (χ4v) is 5.52. The number of carbonyl (C=O) groups is 1. The van der Waals surface area contributed by atoms with Crippen molar-refractivity contribution in [3.63, 3.8) is 0 Å². The van der Waals surface area contributed by atoms with Crippen LogP contribution in [0.25, 0.3) is 11.0 Å². The van der Waals surface area contributed by atoms with Gasteiger partial charge in [0.15, 0.2) is 0 Å². The molecule has 2 aliphatic heterocycles. The minimum absolute atomic E-state index is 0.113. The highest BCUT2D eigenvalue weighted by Crippen LogP contribution is 2.43. The van der Waals surface area contributed by atoms with Crippen LogP contribution >= 0.6 is 0 Å². The van der Waals surface area contributed by atoms with Gasteiger partial charge >= 0.3 is 12.3 Å². The maximum Gasteiger partial charge on any atom is 0.419 e. The van der Waals surface area contributed by atoms with Crippen LogP contribution in [-0.4, -0.2) is 50.8 Å². The third kappa shape index (κ3) is 5.21. The number of ether oxygens (including phenoxy) is 2. The lowest BCUT2D eigenvalue weighted by molar-refractivity contribution is -0.140. The number of hydrogen-bond donors (Lipinski definition) is 1. The van der Waals surface area contributed by atoms with Crippen LogP contribution in [-0.2, 0) is 27.8 Å². The van der Waals surface area contributed by atoms with Gasteiger partial charge in [-0.1, -0.05) is 12.1 Å². The first-order chi connectivity index (χ1) is 18.7. The third-order valence-electron chi connectivity index (χ3n) is 7.40. The van der Waals surface area contributed by atoms with Crippen molar-refractivity contribution in [1.29, 1.82) is 0 Å². The number of hydrogen-bond acceptors (Lipinski definition) is 6. The van der Waals surface area contributed by atoms with Crippen LogP contribution in [0.4, 0.5) is 28.2 Å². The van der Waals surface area contributed by atoms with Crippen LogP contribution in [0.1, 0.15) is 69.2 Å². The maximum atomic E-state index is 14.9. The maximum absolute atomic E-state index is 14.9. The molecule has 0 unspecified atom stereocenters. The van der Waals surface area contributed by atoms with Gasteiger partial charge in [0.25, 0.3) is 0 Å². The fraction of sp³-hybridized carbons (Fsp3) is 0.536. The molecule has 0 aliphatic carbocycles. The number of amides is 1. The average molecular weight is 564 g/mol. The standard InChI is InChI=1S/C28H33F4N5O3/c1-16(18-7-6-8-20(22(18)29)28(30,31)32)33-23-19-15-21-27(39-14-13-37(21)24(19)35-17(2)34-23)9-11-36(12-10-27)25(38)40-26(3,4)5/h6-8,15-16H,9-14H2,1-5H3,(H,33,34,35)/t16-/m1/s1. The highest BCUT2D eigenvalue weighted by Gasteiger charge is 2.44. The number of alkyl halides is 3. The number of piperidine rings is 1. The molecule has 2 aliphatic rings. The third-order valence-corrected chi connectivity index (χ3v) is 7.40. The molecule has 4 heterocycles. The van der Waals surface area contributed by atoms with Gasteiger partial charge in [-0.05, 0) is 59.6 Å². The van der Waals surface area contributed by atoms with Gasteiger partial charge in [-0.15, -0.1) is 0 Å². The van der Waals surface area contributed by atoms with Crippen LogP contribution in [0, 0.1) is 12.7 Å². The molecule has 216 valence electrons. The summed E-state index contributed by atoms with van der Waals surface area (Å²) in [6.07, 6.45) is -4.04. The smallest absolute Gasteiger partial charge is 0.419 e. The van der Waals surface area contributed by atoms with Crippen LogP contribution < -0.4 is 5.32 Å². The van der Waals surface area contributed by atoms with Crippen molar-refractivity contribution in [3.05, 3.63) is 52.7 Å². The Hall–Kier alpha value is -3.41. The first-order valence-corrected chi connectivity index (χ1v) is 13.3. The predicted octanol–water partition coefficient (Wildman–Crippen LogP) is 6.33. The number of aryl methyl sites for hydroxylation is 1. The second-order valence-electron chi connectivity index (χ2n) is 11.4. The molecule has 1 amide bonds. The van der Waals surface area contributed by atoms with Crippen molar-refractivity contribution in [2.45, 2.75) is 77.4 Å². The molecule has 0 radical (unpaired) electrons. The lowest BCUT2D eigenvalue weighted by atomic mass is 9.87. The quantitative estimate of drug-likeness (QED) is 0.375. The van der Waals surface area contributed by atoms with E-state index >= 15 is 0 Å². The first kappa shape index (κ1) is 28.1. The molecule has 2 aromatic heterocycles. The largest absolute Gasteiger partial charge is 0.444 e. The predicted molar refractivity (Wildman–Crippen MR) is 140 cm³/mol. The number of nitrogens with one attached hydrogen (secondary N) is 1.